The highest BCUT2D eigenvalue weighted by Crippen LogP contribution is 2.29. The largest absolute Gasteiger partial charge is 0.416 e. The second-order valence-corrected chi connectivity index (χ2v) is 10.5. The maximum absolute atomic E-state index is 12.7. The van der Waals surface area contributed by atoms with E-state index in [1.165, 1.54) is 0 Å². The van der Waals surface area contributed by atoms with Crippen molar-refractivity contribution in [2.75, 3.05) is 32.4 Å². The lowest BCUT2D eigenvalue weighted by Gasteiger charge is -2.20. The zero-order valence-electron chi connectivity index (χ0n) is 17.9. The number of hydrogen-bond acceptors (Lipinski definition) is 3. The first kappa shape index (κ1) is 27.2. The zero-order chi connectivity index (χ0) is 21.7. The molecule has 1 aliphatic rings. The Morgan fingerprint density at radius 2 is 1.87 bits per heavy atom. The third kappa shape index (κ3) is 8.70. The van der Waals surface area contributed by atoms with Gasteiger partial charge in [-0.25, -0.2) is 0 Å². The maximum atomic E-state index is 12.7. The summed E-state index contributed by atoms with van der Waals surface area (Å²) in [4.78, 5) is 6.43. The molecule has 2 atom stereocenters. The Balaban J connectivity index is 0.00000450. The van der Waals surface area contributed by atoms with Crippen molar-refractivity contribution in [1.82, 2.24) is 15.5 Å². The molecule has 1 aromatic carbocycles. The molecule has 0 radical (unpaired) electrons. The minimum Gasteiger partial charge on any atom is -0.355 e. The molecule has 172 valence electrons. The molecule has 1 heterocycles. The Labute approximate surface area is 196 Å². The molecule has 2 rings (SSSR count). The maximum Gasteiger partial charge on any atom is 0.416 e. The Kier molecular flexibility index (Phi) is 10.6. The van der Waals surface area contributed by atoms with Crippen LogP contribution in [-0.2, 0) is 23.5 Å². The smallest absolute Gasteiger partial charge is 0.355 e. The Morgan fingerprint density at radius 1 is 1.23 bits per heavy atom. The Morgan fingerprint density at radius 3 is 2.40 bits per heavy atom. The third-order valence-electron chi connectivity index (χ3n) is 4.79. The van der Waals surface area contributed by atoms with Gasteiger partial charge in [0.25, 0.3) is 0 Å². The van der Waals surface area contributed by atoms with Crippen molar-refractivity contribution < 1.29 is 17.4 Å². The van der Waals surface area contributed by atoms with Gasteiger partial charge in [0.2, 0.25) is 0 Å². The highest BCUT2D eigenvalue weighted by Gasteiger charge is 2.30. The van der Waals surface area contributed by atoms with Crippen LogP contribution in [0.15, 0.2) is 29.3 Å². The van der Waals surface area contributed by atoms with Crippen LogP contribution in [0.25, 0.3) is 0 Å². The van der Waals surface area contributed by atoms with Crippen molar-refractivity contribution in [3.05, 3.63) is 35.4 Å². The summed E-state index contributed by atoms with van der Waals surface area (Å²) in [6.45, 7) is 8.72. The average molecular weight is 560 g/mol. The standard InChI is InChI=1S/C20H31F3N4OS.HI/c1-19(2,3)29(28)12-10-25-18(24-4)26-17-9-11-27(14-17)13-15-5-7-16(8-6-15)20(21,22)23;/h5-8,17H,9-14H2,1-4H3,(H2,24,25,26);1H. The van der Waals surface area contributed by atoms with Crippen LogP contribution in [0.4, 0.5) is 13.2 Å². The van der Waals surface area contributed by atoms with E-state index in [-0.39, 0.29) is 34.8 Å². The van der Waals surface area contributed by atoms with Gasteiger partial charge in [-0.05, 0) is 44.9 Å². The number of guanidine groups is 1. The molecule has 0 spiro atoms. The fourth-order valence-electron chi connectivity index (χ4n) is 3.11. The summed E-state index contributed by atoms with van der Waals surface area (Å²) < 4.78 is 49.9. The number of hydrogen-bond donors (Lipinski definition) is 2. The molecular formula is C20H32F3IN4OS. The Hall–Kier alpha value is -0.880. The molecule has 30 heavy (non-hydrogen) atoms. The second kappa shape index (κ2) is 11.7. The van der Waals surface area contributed by atoms with Crippen molar-refractivity contribution in [1.29, 1.82) is 0 Å². The van der Waals surface area contributed by atoms with Gasteiger partial charge in [-0.1, -0.05) is 12.1 Å². The van der Waals surface area contributed by atoms with Crippen molar-refractivity contribution >= 4 is 40.7 Å². The van der Waals surface area contributed by atoms with E-state index in [1.54, 1.807) is 19.2 Å². The van der Waals surface area contributed by atoms with E-state index in [2.05, 4.69) is 20.5 Å². The van der Waals surface area contributed by atoms with Crippen LogP contribution in [0.2, 0.25) is 0 Å². The summed E-state index contributed by atoms with van der Waals surface area (Å²) in [5, 5.41) is 6.58. The summed E-state index contributed by atoms with van der Waals surface area (Å²) in [6, 6.07) is 5.56. The summed E-state index contributed by atoms with van der Waals surface area (Å²) in [5.41, 5.74) is 0.246. The monoisotopic (exact) mass is 560 g/mol. The van der Waals surface area contributed by atoms with Gasteiger partial charge in [0, 0.05) is 60.6 Å². The van der Waals surface area contributed by atoms with E-state index in [0.29, 0.717) is 24.8 Å². The first-order chi connectivity index (χ1) is 13.5. The molecule has 1 aliphatic heterocycles. The Bertz CT molecular complexity index is 720. The number of aliphatic imine (C=N–C) groups is 1. The minimum absolute atomic E-state index is 0. The van der Waals surface area contributed by atoms with Gasteiger partial charge in [0.05, 0.1) is 5.56 Å². The molecule has 0 amide bonds. The van der Waals surface area contributed by atoms with Crippen LogP contribution >= 0.6 is 24.0 Å². The second-order valence-electron chi connectivity index (χ2n) is 8.22. The molecule has 2 unspecified atom stereocenters. The average Bonchev–Trinajstić information content (AvgIpc) is 3.06. The van der Waals surface area contributed by atoms with E-state index in [1.807, 2.05) is 20.8 Å². The molecule has 10 heteroatoms. The normalized spacial score (nSPS) is 19.3. The fraction of sp³-hybridized carbons (Fsp3) is 0.650. The molecular weight excluding hydrogens is 528 g/mol. The lowest BCUT2D eigenvalue weighted by atomic mass is 10.1. The molecule has 1 saturated heterocycles. The molecule has 0 aliphatic carbocycles. The van der Waals surface area contributed by atoms with E-state index in [4.69, 9.17) is 0 Å². The SMILES string of the molecule is CN=C(NCCS(=O)C(C)(C)C)NC1CCN(Cc2ccc(C(F)(F)F)cc2)C1.I. The van der Waals surface area contributed by atoms with Crippen LogP contribution in [0.5, 0.6) is 0 Å². The number of likely N-dealkylation sites (tertiary alicyclic amines) is 1. The lowest BCUT2D eigenvalue weighted by molar-refractivity contribution is -0.137. The topological polar surface area (TPSA) is 56.7 Å². The molecule has 0 saturated carbocycles. The van der Waals surface area contributed by atoms with Crippen LogP contribution in [0.1, 0.15) is 38.3 Å². The number of alkyl halides is 3. The summed E-state index contributed by atoms with van der Waals surface area (Å²) >= 11 is 0. The first-order valence-corrected chi connectivity index (χ1v) is 11.0. The van der Waals surface area contributed by atoms with Crippen molar-refractivity contribution in [3.63, 3.8) is 0 Å². The van der Waals surface area contributed by atoms with E-state index < -0.39 is 22.5 Å². The molecule has 0 bridgehead atoms. The van der Waals surface area contributed by atoms with Gasteiger partial charge in [0.1, 0.15) is 0 Å². The van der Waals surface area contributed by atoms with Gasteiger partial charge < -0.3 is 10.6 Å². The predicted octanol–water partition coefficient (Wildman–Crippen LogP) is 3.61. The lowest BCUT2D eigenvalue weighted by Crippen LogP contribution is -2.46. The molecule has 0 aromatic heterocycles. The molecule has 2 N–H and O–H groups in total. The van der Waals surface area contributed by atoms with Crippen LogP contribution in [0.3, 0.4) is 0 Å². The summed E-state index contributed by atoms with van der Waals surface area (Å²) in [7, 11) is 0.780. The quantitative estimate of drug-likeness (QED) is 0.317. The number of nitrogens with zero attached hydrogens (tertiary/aromatic N) is 2. The van der Waals surface area contributed by atoms with Crippen molar-refractivity contribution in [2.24, 2.45) is 4.99 Å². The number of benzene rings is 1. The molecule has 5 nitrogen and oxygen atoms in total. The van der Waals surface area contributed by atoms with Gasteiger partial charge in [-0.15, -0.1) is 24.0 Å². The van der Waals surface area contributed by atoms with Crippen molar-refractivity contribution in [2.45, 2.75) is 50.7 Å². The van der Waals surface area contributed by atoms with E-state index in [9.17, 15) is 17.4 Å². The molecule has 1 aromatic rings. The minimum atomic E-state index is -4.30. The highest BCUT2D eigenvalue weighted by atomic mass is 127. The van der Waals surface area contributed by atoms with Gasteiger partial charge in [-0.2, -0.15) is 13.2 Å². The van der Waals surface area contributed by atoms with Gasteiger partial charge >= 0.3 is 6.18 Å². The van der Waals surface area contributed by atoms with E-state index >= 15 is 0 Å². The van der Waals surface area contributed by atoms with Crippen LogP contribution in [-0.4, -0.2) is 58.3 Å². The fourth-order valence-corrected chi connectivity index (χ4v) is 4.01. The number of halogens is 4. The van der Waals surface area contributed by atoms with E-state index in [0.717, 1.165) is 37.2 Å². The summed E-state index contributed by atoms with van der Waals surface area (Å²) in [5.74, 6) is 1.23. The first-order valence-electron chi connectivity index (χ1n) is 9.73. The zero-order valence-corrected chi connectivity index (χ0v) is 21.0. The third-order valence-corrected chi connectivity index (χ3v) is 6.73. The molecule has 1 fully saturated rings. The van der Waals surface area contributed by atoms with Crippen LogP contribution < -0.4 is 10.6 Å². The predicted molar refractivity (Wildman–Crippen MR) is 128 cm³/mol. The van der Waals surface area contributed by atoms with Crippen molar-refractivity contribution in [3.8, 4) is 0 Å². The number of nitrogens with one attached hydrogen (secondary N) is 2. The van der Waals surface area contributed by atoms with Gasteiger partial charge in [0.15, 0.2) is 5.96 Å². The highest BCUT2D eigenvalue weighted by molar-refractivity contribution is 14.0. The van der Waals surface area contributed by atoms with Crippen LogP contribution in [0, 0.1) is 0 Å². The summed E-state index contributed by atoms with van der Waals surface area (Å²) in [6.07, 6.45) is -3.38. The number of rotatable bonds is 6. The van der Waals surface area contributed by atoms with Gasteiger partial charge in [-0.3, -0.25) is 14.1 Å².